The molecule has 1 unspecified atom stereocenters. The molecule has 1 atom stereocenters. The number of hydrogen-bond acceptors (Lipinski definition) is 3. The van der Waals surface area contributed by atoms with Gasteiger partial charge in [0.25, 0.3) is 0 Å². The van der Waals surface area contributed by atoms with Crippen LogP contribution in [0.3, 0.4) is 0 Å². The molecule has 2 rings (SSSR count). The summed E-state index contributed by atoms with van der Waals surface area (Å²) >= 11 is 5.09. The molecule has 0 radical (unpaired) electrons. The highest BCUT2D eigenvalue weighted by atomic mass is 32.1. The van der Waals surface area contributed by atoms with E-state index in [1.54, 1.807) is 0 Å². The zero-order valence-corrected chi connectivity index (χ0v) is 12.4. The van der Waals surface area contributed by atoms with E-state index < -0.39 is 0 Å². The molecule has 108 valence electrons. The SMILES string of the molecule is NC(=S)C1CCCCN1CC(=O)NCc1ccccc1. The third-order valence-corrected chi connectivity index (χ3v) is 3.89. The van der Waals surface area contributed by atoms with Crippen molar-refractivity contribution in [2.24, 2.45) is 5.73 Å². The van der Waals surface area contributed by atoms with Gasteiger partial charge in [-0.15, -0.1) is 0 Å². The molecule has 0 bridgehead atoms. The maximum Gasteiger partial charge on any atom is 0.234 e. The Hall–Kier alpha value is -1.46. The summed E-state index contributed by atoms with van der Waals surface area (Å²) in [7, 11) is 0. The van der Waals surface area contributed by atoms with E-state index >= 15 is 0 Å². The minimum Gasteiger partial charge on any atom is -0.392 e. The van der Waals surface area contributed by atoms with Gasteiger partial charge in [-0.3, -0.25) is 9.69 Å². The van der Waals surface area contributed by atoms with Crippen LogP contribution in [0, 0.1) is 0 Å². The molecule has 0 aromatic heterocycles. The number of hydrogen-bond donors (Lipinski definition) is 2. The van der Waals surface area contributed by atoms with Gasteiger partial charge >= 0.3 is 0 Å². The standard InChI is InChI=1S/C15H21N3OS/c16-15(20)13-8-4-5-9-18(13)11-14(19)17-10-12-6-2-1-3-7-12/h1-3,6-7,13H,4-5,8-11H2,(H2,16,20)(H,17,19). The van der Waals surface area contributed by atoms with Crippen molar-refractivity contribution in [3.8, 4) is 0 Å². The molecule has 0 aliphatic carbocycles. The highest BCUT2D eigenvalue weighted by molar-refractivity contribution is 7.80. The lowest BCUT2D eigenvalue weighted by Crippen LogP contribution is -2.50. The van der Waals surface area contributed by atoms with Crippen LogP contribution in [0.4, 0.5) is 0 Å². The normalized spacial score (nSPS) is 19.5. The first kappa shape index (κ1) is 14.9. The van der Waals surface area contributed by atoms with Crippen molar-refractivity contribution in [3.05, 3.63) is 35.9 Å². The largest absolute Gasteiger partial charge is 0.392 e. The minimum absolute atomic E-state index is 0.0250. The molecule has 0 saturated carbocycles. The van der Waals surface area contributed by atoms with Crippen LogP contribution >= 0.6 is 12.2 Å². The number of carbonyl (C=O) groups is 1. The first-order valence-corrected chi connectivity index (χ1v) is 7.41. The number of rotatable bonds is 5. The minimum atomic E-state index is 0.0250. The first-order valence-electron chi connectivity index (χ1n) is 7.01. The van der Waals surface area contributed by atoms with E-state index in [9.17, 15) is 4.79 Å². The Morgan fingerprint density at radius 2 is 2.10 bits per heavy atom. The number of carbonyl (C=O) groups excluding carboxylic acids is 1. The zero-order valence-electron chi connectivity index (χ0n) is 11.5. The van der Waals surface area contributed by atoms with Crippen LogP contribution in [-0.2, 0) is 11.3 Å². The Kier molecular flexibility index (Phi) is 5.49. The van der Waals surface area contributed by atoms with Crippen molar-refractivity contribution in [1.82, 2.24) is 10.2 Å². The Balaban J connectivity index is 1.82. The molecule has 1 amide bonds. The summed E-state index contributed by atoms with van der Waals surface area (Å²) < 4.78 is 0. The molecular formula is C15H21N3OS. The van der Waals surface area contributed by atoms with Crippen LogP contribution in [0.5, 0.6) is 0 Å². The Labute approximate surface area is 125 Å². The molecule has 5 heteroatoms. The third kappa shape index (κ3) is 4.28. The lowest BCUT2D eigenvalue weighted by molar-refractivity contribution is -0.122. The number of nitrogens with one attached hydrogen (secondary N) is 1. The van der Waals surface area contributed by atoms with Crippen molar-refractivity contribution in [2.75, 3.05) is 13.1 Å². The van der Waals surface area contributed by atoms with Crippen molar-refractivity contribution >= 4 is 23.1 Å². The zero-order chi connectivity index (χ0) is 14.4. The van der Waals surface area contributed by atoms with Crippen LogP contribution in [0.2, 0.25) is 0 Å². The van der Waals surface area contributed by atoms with Gasteiger partial charge in [0.15, 0.2) is 0 Å². The maximum absolute atomic E-state index is 12.0. The number of nitrogens with two attached hydrogens (primary N) is 1. The highest BCUT2D eigenvalue weighted by Crippen LogP contribution is 2.16. The first-order chi connectivity index (χ1) is 9.66. The number of amides is 1. The molecule has 3 N–H and O–H groups in total. The second-order valence-corrected chi connectivity index (χ2v) is 5.62. The maximum atomic E-state index is 12.0. The van der Waals surface area contributed by atoms with Crippen molar-refractivity contribution in [3.63, 3.8) is 0 Å². The smallest absolute Gasteiger partial charge is 0.234 e. The molecule has 20 heavy (non-hydrogen) atoms. The fourth-order valence-corrected chi connectivity index (χ4v) is 2.81. The molecule has 0 spiro atoms. The summed E-state index contributed by atoms with van der Waals surface area (Å²) in [6.07, 6.45) is 3.19. The van der Waals surface area contributed by atoms with Gasteiger partial charge in [-0.1, -0.05) is 49.0 Å². The van der Waals surface area contributed by atoms with Gasteiger partial charge in [0, 0.05) is 6.54 Å². The Bertz CT molecular complexity index is 463. The van der Waals surface area contributed by atoms with Crippen LogP contribution in [-0.4, -0.2) is 34.9 Å². The molecule has 1 heterocycles. The van der Waals surface area contributed by atoms with Gasteiger partial charge in [0.05, 0.1) is 17.6 Å². The van der Waals surface area contributed by atoms with E-state index in [1.807, 2.05) is 30.3 Å². The lowest BCUT2D eigenvalue weighted by Gasteiger charge is -2.34. The van der Waals surface area contributed by atoms with Crippen molar-refractivity contribution < 1.29 is 4.79 Å². The molecule has 1 saturated heterocycles. The fourth-order valence-electron chi connectivity index (χ4n) is 2.54. The number of likely N-dealkylation sites (tertiary alicyclic amines) is 1. The molecule has 1 aliphatic rings. The summed E-state index contributed by atoms with van der Waals surface area (Å²) in [5.74, 6) is 0.0250. The van der Waals surface area contributed by atoms with Crippen LogP contribution in [0.15, 0.2) is 30.3 Å². The van der Waals surface area contributed by atoms with E-state index in [0.29, 0.717) is 18.1 Å². The molecule has 1 aliphatic heterocycles. The molecule has 1 aromatic carbocycles. The highest BCUT2D eigenvalue weighted by Gasteiger charge is 2.25. The lowest BCUT2D eigenvalue weighted by atomic mass is 10.0. The summed E-state index contributed by atoms with van der Waals surface area (Å²) in [5.41, 5.74) is 6.86. The summed E-state index contributed by atoms with van der Waals surface area (Å²) in [6.45, 7) is 1.82. The average molecular weight is 291 g/mol. The number of thiocarbonyl (C=S) groups is 1. The number of benzene rings is 1. The van der Waals surface area contributed by atoms with E-state index in [0.717, 1.165) is 31.4 Å². The van der Waals surface area contributed by atoms with Gasteiger partial charge in [-0.05, 0) is 24.9 Å². The van der Waals surface area contributed by atoms with E-state index in [2.05, 4.69) is 10.2 Å². The van der Waals surface area contributed by atoms with Gasteiger partial charge < -0.3 is 11.1 Å². The average Bonchev–Trinajstić information content (AvgIpc) is 2.46. The van der Waals surface area contributed by atoms with Crippen molar-refractivity contribution in [1.29, 1.82) is 0 Å². The Morgan fingerprint density at radius 1 is 1.35 bits per heavy atom. The fraction of sp³-hybridized carbons (Fsp3) is 0.467. The summed E-state index contributed by atoms with van der Waals surface area (Å²) in [5, 5.41) is 2.94. The third-order valence-electron chi connectivity index (χ3n) is 3.62. The van der Waals surface area contributed by atoms with E-state index in [1.165, 1.54) is 0 Å². The molecule has 1 aromatic rings. The predicted molar refractivity (Wildman–Crippen MR) is 84.3 cm³/mol. The van der Waals surface area contributed by atoms with Crippen molar-refractivity contribution in [2.45, 2.75) is 31.8 Å². The molecular weight excluding hydrogens is 270 g/mol. The number of piperidine rings is 1. The quantitative estimate of drug-likeness (QED) is 0.806. The monoisotopic (exact) mass is 291 g/mol. The predicted octanol–water partition coefficient (Wildman–Crippen LogP) is 1.44. The second-order valence-electron chi connectivity index (χ2n) is 5.15. The Morgan fingerprint density at radius 3 is 2.80 bits per heavy atom. The van der Waals surface area contributed by atoms with E-state index in [-0.39, 0.29) is 11.9 Å². The van der Waals surface area contributed by atoms with Gasteiger partial charge in [-0.25, -0.2) is 0 Å². The summed E-state index contributed by atoms with van der Waals surface area (Å²) in [4.78, 5) is 14.6. The van der Waals surface area contributed by atoms with E-state index in [4.69, 9.17) is 18.0 Å². The van der Waals surface area contributed by atoms with Gasteiger partial charge in [-0.2, -0.15) is 0 Å². The van der Waals surface area contributed by atoms with Crippen LogP contribution in [0.25, 0.3) is 0 Å². The topological polar surface area (TPSA) is 58.4 Å². The van der Waals surface area contributed by atoms with Crippen LogP contribution < -0.4 is 11.1 Å². The van der Waals surface area contributed by atoms with Gasteiger partial charge in [0.2, 0.25) is 5.91 Å². The second kappa shape index (κ2) is 7.36. The van der Waals surface area contributed by atoms with Crippen LogP contribution in [0.1, 0.15) is 24.8 Å². The molecule has 1 fully saturated rings. The molecule has 4 nitrogen and oxygen atoms in total. The van der Waals surface area contributed by atoms with Gasteiger partial charge in [0.1, 0.15) is 0 Å². The number of nitrogens with zero attached hydrogens (tertiary/aromatic N) is 1. The summed E-state index contributed by atoms with van der Waals surface area (Å²) in [6, 6.07) is 9.97.